The van der Waals surface area contributed by atoms with Crippen molar-refractivity contribution in [3.05, 3.63) is 70.0 Å². The summed E-state index contributed by atoms with van der Waals surface area (Å²) in [6, 6.07) is 15.0. The van der Waals surface area contributed by atoms with E-state index in [9.17, 15) is 9.59 Å². The van der Waals surface area contributed by atoms with E-state index in [1.807, 2.05) is 76.2 Å². The van der Waals surface area contributed by atoms with E-state index >= 15 is 0 Å². The molecule has 3 rings (SSSR count). The summed E-state index contributed by atoms with van der Waals surface area (Å²) in [6.45, 7) is 7.78. The lowest BCUT2D eigenvalue weighted by molar-refractivity contribution is -0.125. The number of hydrogen-bond donors (Lipinski definition) is 1. The van der Waals surface area contributed by atoms with E-state index in [0.717, 1.165) is 22.2 Å². The SMILES string of the molecule is COc1ccc(N(Cc2cc3cccc(C)c3[nH]c2=O)C(=O)C(C)(C)C)cc1. The van der Waals surface area contributed by atoms with Crippen molar-refractivity contribution in [2.75, 3.05) is 12.0 Å². The third kappa shape index (κ3) is 3.93. The summed E-state index contributed by atoms with van der Waals surface area (Å²) in [7, 11) is 1.60. The van der Waals surface area contributed by atoms with Crippen LogP contribution in [0.15, 0.2) is 53.3 Å². The summed E-state index contributed by atoms with van der Waals surface area (Å²) in [5, 5.41) is 0.951. The molecule has 2 aromatic carbocycles. The second-order valence-corrected chi connectivity index (χ2v) is 8.00. The first-order chi connectivity index (χ1) is 13.2. The number of ether oxygens (including phenoxy) is 1. The molecule has 0 fully saturated rings. The number of nitrogens with zero attached hydrogens (tertiary/aromatic N) is 1. The Labute approximate surface area is 165 Å². The molecule has 3 aromatic rings. The molecule has 5 nitrogen and oxygen atoms in total. The average molecular weight is 378 g/mol. The lowest BCUT2D eigenvalue weighted by Crippen LogP contribution is -2.40. The Morgan fingerprint density at radius 2 is 1.79 bits per heavy atom. The van der Waals surface area contributed by atoms with E-state index in [2.05, 4.69) is 4.98 Å². The molecule has 0 aliphatic carbocycles. The van der Waals surface area contributed by atoms with Crippen molar-refractivity contribution < 1.29 is 9.53 Å². The third-order valence-corrected chi connectivity index (χ3v) is 4.76. The Balaban J connectivity index is 2.06. The van der Waals surface area contributed by atoms with Gasteiger partial charge in [0.1, 0.15) is 5.75 Å². The standard InChI is InChI=1S/C23H26N2O3/c1-15-7-6-8-16-13-17(21(26)24-20(15)16)14-25(22(27)23(2,3)4)18-9-11-19(28-5)12-10-18/h6-13H,14H2,1-5H3,(H,24,26). The van der Waals surface area contributed by atoms with Crippen molar-refractivity contribution in [1.82, 2.24) is 4.98 Å². The summed E-state index contributed by atoms with van der Waals surface area (Å²) in [4.78, 5) is 30.5. The highest BCUT2D eigenvalue weighted by atomic mass is 16.5. The van der Waals surface area contributed by atoms with E-state index in [4.69, 9.17) is 4.74 Å². The van der Waals surface area contributed by atoms with E-state index in [0.29, 0.717) is 11.3 Å². The maximum Gasteiger partial charge on any atom is 0.253 e. The molecule has 0 saturated heterocycles. The van der Waals surface area contributed by atoms with Gasteiger partial charge in [0, 0.05) is 16.7 Å². The monoisotopic (exact) mass is 378 g/mol. The van der Waals surface area contributed by atoms with Gasteiger partial charge in [-0.3, -0.25) is 9.59 Å². The maximum atomic E-state index is 13.1. The molecule has 0 bridgehead atoms. The number of benzene rings is 2. The Morgan fingerprint density at radius 3 is 2.39 bits per heavy atom. The molecule has 1 aromatic heterocycles. The van der Waals surface area contributed by atoms with Gasteiger partial charge in [-0.2, -0.15) is 0 Å². The highest BCUT2D eigenvalue weighted by molar-refractivity contribution is 5.97. The first kappa shape index (κ1) is 19.7. The van der Waals surface area contributed by atoms with Crippen molar-refractivity contribution in [2.45, 2.75) is 34.2 Å². The van der Waals surface area contributed by atoms with Gasteiger partial charge in [0.25, 0.3) is 5.56 Å². The number of methoxy groups -OCH3 is 1. The van der Waals surface area contributed by atoms with Gasteiger partial charge in [-0.05, 0) is 48.2 Å². The Bertz CT molecular complexity index is 1060. The number of carbonyl (C=O) groups excluding carboxylic acids is 1. The molecular formula is C23H26N2O3. The molecule has 1 amide bonds. The number of aryl methyl sites for hydroxylation is 1. The number of rotatable bonds is 4. The van der Waals surface area contributed by atoms with Crippen LogP contribution in [0.3, 0.4) is 0 Å². The molecule has 0 saturated carbocycles. The predicted octanol–water partition coefficient (Wildman–Crippen LogP) is 4.42. The van der Waals surface area contributed by atoms with E-state index in [-0.39, 0.29) is 18.0 Å². The van der Waals surface area contributed by atoms with Crippen LogP contribution >= 0.6 is 0 Å². The van der Waals surface area contributed by atoms with E-state index in [1.165, 1.54) is 0 Å². The van der Waals surface area contributed by atoms with Crippen molar-refractivity contribution >= 4 is 22.5 Å². The number of aromatic amines is 1. The minimum Gasteiger partial charge on any atom is -0.497 e. The van der Waals surface area contributed by atoms with Crippen molar-refractivity contribution in [3.8, 4) is 5.75 Å². The van der Waals surface area contributed by atoms with Crippen LogP contribution in [-0.2, 0) is 11.3 Å². The Hall–Kier alpha value is -3.08. The normalized spacial score (nSPS) is 11.5. The maximum absolute atomic E-state index is 13.1. The first-order valence-electron chi connectivity index (χ1n) is 9.28. The number of fused-ring (bicyclic) bond motifs is 1. The molecule has 0 aliphatic rings. The molecule has 0 radical (unpaired) electrons. The van der Waals surface area contributed by atoms with Gasteiger partial charge >= 0.3 is 0 Å². The molecule has 5 heteroatoms. The number of para-hydroxylation sites is 1. The van der Waals surface area contributed by atoms with Crippen LogP contribution < -0.4 is 15.2 Å². The fourth-order valence-electron chi connectivity index (χ4n) is 3.16. The summed E-state index contributed by atoms with van der Waals surface area (Å²) in [6.07, 6.45) is 0. The van der Waals surface area contributed by atoms with Gasteiger partial charge in [0.15, 0.2) is 0 Å². The minimum atomic E-state index is -0.583. The number of anilines is 1. The fraction of sp³-hybridized carbons (Fsp3) is 0.304. The fourth-order valence-corrected chi connectivity index (χ4v) is 3.16. The van der Waals surface area contributed by atoms with Gasteiger partial charge < -0.3 is 14.6 Å². The largest absolute Gasteiger partial charge is 0.497 e. The Kier molecular flexibility index (Phi) is 5.27. The zero-order valence-electron chi connectivity index (χ0n) is 17.0. The lowest BCUT2D eigenvalue weighted by atomic mass is 9.94. The van der Waals surface area contributed by atoms with Gasteiger partial charge in [0.2, 0.25) is 5.91 Å². The number of carbonyl (C=O) groups is 1. The minimum absolute atomic E-state index is 0.0543. The van der Waals surface area contributed by atoms with Crippen LogP contribution in [0.25, 0.3) is 10.9 Å². The molecule has 0 unspecified atom stereocenters. The summed E-state index contributed by atoms with van der Waals surface area (Å²) < 4.78 is 5.22. The molecule has 0 atom stereocenters. The molecular weight excluding hydrogens is 352 g/mol. The third-order valence-electron chi connectivity index (χ3n) is 4.76. The number of aromatic nitrogens is 1. The number of nitrogens with one attached hydrogen (secondary N) is 1. The van der Waals surface area contributed by atoms with Crippen molar-refractivity contribution in [3.63, 3.8) is 0 Å². The van der Waals surface area contributed by atoms with Gasteiger partial charge in [0.05, 0.1) is 19.2 Å². The van der Waals surface area contributed by atoms with Crippen LogP contribution in [0.1, 0.15) is 31.9 Å². The quantitative estimate of drug-likeness (QED) is 0.731. The molecule has 28 heavy (non-hydrogen) atoms. The van der Waals surface area contributed by atoms with Crippen LogP contribution in [0.4, 0.5) is 5.69 Å². The van der Waals surface area contributed by atoms with E-state index in [1.54, 1.807) is 12.0 Å². The summed E-state index contributed by atoms with van der Waals surface area (Å²) >= 11 is 0. The zero-order chi connectivity index (χ0) is 20.5. The van der Waals surface area contributed by atoms with Gasteiger partial charge in [-0.15, -0.1) is 0 Å². The molecule has 146 valence electrons. The van der Waals surface area contributed by atoms with Crippen LogP contribution in [0.5, 0.6) is 5.75 Å². The predicted molar refractivity (Wildman–Crippen MR) is 113 cm³/mol. The van der Waals surface area contributed by atoms with Crippen LogP contribution in [0.2, 0.25) is 0 Å². The highest BCUT2D eigenvalue weighted by Crippen LogP contribution is 2.27. The topological polar surface area (TPSA) is 62.4 Å². The molecule has 1 heterocycles. The second kappa shape index (κ2) is 7.50. The number of H-pyrrole nitrogens is 1. The smallest absolute Gasteiger partial charge is 0.253 e. The number of hydrogen-bond acceptors (Lipinski definition) is 3. The zero-order valence-corrected chi connectivity index (χ0v) is 17.0. The summed E-state index contributed by atoms with van der Waals surface area (Å²) in [5.41, 5.74) is 2.35. The lowest BCUT2D eigenvalue weighted by Gasteiger charge is -2.29. The summed E-state index contributed by atoms with van der Waals surface area (Å²) in [5.74, 6) is 0.660. The Morgan fingerprint density at radius 1 is 1.11 bits per heavy atom. The second-order valence-electron chi connectivity index (χ2n) is 8.00. The van der Waals surface area contributed by atoms with Crippen molar-refractivity contribution in [1.29, 1.82) is 0 Å². The highest BCUT2D eigenvalue weighted by Gasteiger charge is 2.29. The first-order valence-corrected chi connectivity index (χ1v) is 9.28. The van der Waals surface area contributed by atoms with Crippen LogP contribution in [0, 0.1) is 12.3 Å². The van der Waals surface area contributed by atoms with Gasteiger partial charge in [-0.25, -0.2) is 0 Å². The molecule has 0 spiro atoms. The van der Waals surface area contributed by atoms with Gasteiger partial charge in [-0.1, -0.05) is 39.0 Å². The van der Waals surface area contributed by atoms with Crippen LogP contribution in [-0.4, -0.2) is 18.0 Å². The average Bonchev–Trinajstić information content (AvgIpc) is 2.66. The molecule has 0 aliphatic heterocycles. The number of amides is 1. The number of pyridine rings is 1. The van der Waals surface area contributed by atoms with Crippen molar-refractivity contribution in [2.24, 2.45) is 5.41 Å². The van der Waals surface area contributed by atoms with E-state index < -0.39 is 5.41 Å². The molecule has 1 N–H and O–H groups in total.